The molecule has 8 nitrogen and oxygen atoms in total. The van der Waals surface area contributed by atoms with Crippen molar-refractivity contribution in [2.24, 2.45) is 5.41 Å². The number of fused-ring (bicyclic) bond motifs is 1. The molecular formula is C30H32N6O2. The van der Waals surface area contributed by atoms with Crippen LogP contribution in [0.5, 0.6) is 0 Å². The number of pyridine rings is 1. The van der Waals surface area contributed by atoms with E-state index in [1.165, 1.54) is 0 Å². The van der Waals surface area contributed by atoms with E-state index in [0.29, 0.717) is 12.2 Å². The van der Waals surface area contributed by atoms with Crippen LogP contribution < -0.4 is 0 Å². The highest BCUT2D eigenvalue weighted by Gasteiger charge is 2.30. The Balaban J connectivity index is 1.35. The van der Waals surface area contributed by atoms with E-state index in [2.05, 4.69) is 27.5 Å². The lowest BCUT2D eigenvalue weighted by Crippen LogP contribution is -2.29. The van der Waals surface area contributed by atoms with E-state index in [0.717, 1.165) is 57.7 Å². The molecule has 0 spiro atoms. The van der Waals surface area contributed by atoms with Gasteiger partial charge in [-0.3, -0.25) is 4.79 Å². The van der Waals surface area contributed by atoms with Gasteiger partial charge in [-0.15, -0.1) is 10.2 Å². The molecule has 3 aromatic heterocycles. The number of hydrogen-bond acceptors (Lipinski definition) is 6. The van der Waals surface area contributed by atoms with Crippen LogP contribution in [0.2, 0.25) is 0 Å². The number of nitrogens with one attached hydrogen (secondary N) is 1. The molecule has 5 rings (SSSR count). The smallest absolute Gasteiger partial charge is 0.312 e. The number of benzene rings is 2. The van der Waals surface area contributed by atoms with Crippen LogP contribution in [0.4, 0.5) is 0 Å². The van der Waals surface area contributed by atoms with Crippen molar-refractivity contribution in [2.45, 2.75) is 53.6 Å². The van der Waals surface area contributed by atoms with Crippen LogP contribution in [0.25, 0.3) is 28.2 Å². The van der Waals surface area contributed by atoms with Crippen molar-refractivity contribution in [3.63, 3.8) is 0 Å². The molecule has 0 bridgehead atoms. The molecule has 5 aromatic rings. The van der Waals surface area contributed by atoms with Crippen molar-refractivity contribution in [3.05, 3.63) is 89.4 Å². The lowest BCUT2D eigenvalue weighted by Gasteiger charge is -2.23. The highest BCUT2D eigenvalue weighted by atomic mass is 16.5. The van der Waals surface area contributed by atoms with Gasteiger partial charge in [-0.05, 0) is 73.2 Å². The third kappa shape index (κ3) is 5.20. The molecule has 1 N–H and O–H groups in total. The fourth-order valence-corrected chi connectivity index (χ4v) is 4.75. The zero-order valence-corrected chi connectivity index (χ0v) is 22.2. The lowest BCUT2D eigenvalue weighted by molar-refractivity contribution is -0.155. The van der Waals surface area contributed by atoms with Gasteiger partial charge >= 0.3 is 5.97 Å². The van der Waals surface area contributed by atoms with Crippen molar-refractivity contribution in [2.75, 3.05) is 0 Å². The summed E-state index contributed by atoms with van der Waals surface area (Å²) in [6.45, 7) is 8.19. The van der Waals surface area contributed by atoms with Gasteiger partial charge in [0.05, 0.1) is 16.8 Å². The second-order valence-corrected chi connectivity index (χ2v) is 10.3. The highest BCUT2D eigenvalue weighted by molar-refractivity contribution is 5.81. The SMILES string of the molecule is CCCc1cn2c(COC(=O)C(C)(C)Cc3ccc(-c4ccccc4)c(-c4nn[nH]n4)c3)ccc(C)c2n1. The van der Waals surface area contributed by atoms with Gasteiger partial charge in [-0.1, -0.05) is 61.9 Å². The first-order valence-corrected chi connectivity index (χ1v) is 12.9. The minimum absolute atomic E-state index is 0.183. The molecule has 8 heteroatoms. The summed E-state index contributed by atoms with van der Waals surface area (Å²) >= 11 is 0. The molecule has 0 atom stereocenters. The van der Waals surface area contributed by atoms with E-state index >= 15 is 0 Å². The number of tetrazole rings is 1. The second kappa shape index (κ2) is 10.6. The summed E-state index contributed by atoms with van der Waals surface area (Å²) in [4.78, 5) is 18.0. The van der Waals surface area contributed by atoms with Crippen molar-refractivity contribution < 1.29 is 9.53 Å². The van der Waals surface area contributed by atoms with Gasteiger partial charge in [0.2, 0.25) is 5.82 Å². The Kier molecular flexibility index (Phi) is 7.05. The molecule has 2 aromatic carbocycles. The summed E-state index contributed by atoms with van der Waals surface area (Å²) in [7, 11) is 0. The van der Waals surface area contributed by atoms with Crippen LogP contribution in [-0.2, 0) is 29.0 Å². The summed E-state index contributed by atoms with van der Waals surface area (Å²) in [6.07, 6.45) is 4.50. The van der Waals surface area contributed by atoms with Crippen molar-refractivity contribution >= 4 is 11.6 Å². The van der Waals surface area contributed by atoms with E-state index in [4.69, 9.17) is 9.72 Å². The summed E-state index contributed by atoms with van der Waals surface area (Å²) in [5, 5.41) is 14.7. The molecule has 0 aliphatic heterocycles. The molecule has 0 aliphatic rings. The number of nitrogens with zero attached hydrogens (tertiary/aromatic N) is 5. The number of ether oxygens (including phenoxy) is 1. The van der Waals surface area contributed by atoms with Gasteiger partial charge in [-0.2, -0.15) is 5.21 Å². The van der Waals surface area contributed by atoms with Crippen LogP contribution in [0, 0.1) is 12.3 Å². The van der Waals surface area contributed by atoms with E-state index in [9.17, 15) is 4.79 Å². The molecule has 0 unspecified atom stereocenters. The standard InChI is InChI=1S/C30H32N6O2/c1-5-9-23-18-36-24(14-12-20(2)28(36)31-23)19-38-29(37)30(3,4)17-21-13-15-25(22-10-7-6-8-11-22)26(16-21)27-32-34-35-33-27/h6-8,10-16,18H,5,9,17,19H2,1-4H3,(H,32,33,34,35). The Bertz CT molecular complexity index is 1550. The molecular weight excluding hydrogens is 476 g/mol. The Hall–Kier alpha value is -4.33. The third-order valence-electron chi connectivity index (χ3n) is 6.75. The number of carbonyl (C=O) groups excluding carboxylic acids is 1. The summed E-state index contributed by atoms with van der Waals surface area (Å²) in [5.41, 5.74) is 7.12. The zero-order chi connectivity index (χ0) is 26.7. The summed E-state index contributed by atoms with van der Waals surface area (Å²) < 4.78 is 7.89. The van der Waals surface area contributed by atoms with Crippen molar-refractivity contribution in [3.8, 4) is 22.5 Å². The average Bonchev–Trinajstić information content (AvgIpc) is 3.60. The highest BCUT2D eigenvalue weighted by Crippen LogP contribution is 2.33. The minimum Gasteiger partial charge on any atom is -0.459 e. The molecule has 194 valence electrons. The number of hydrogen-bond donors (Lipinski definition) is 1. The van der Waals surface area contributed by atoms with Gasteiger partial charge < -0.3 is 9.14 Å². The van der Waals surface area contributed by atoms with Crippen molar-refractivity contribution in [1.29, 1.82) is 0 Å². The molecule has 0 saturated carbocycles. The first kappa shape index (κ1) is 25.3. The molecule has 0 fully saturated rings. The first-order valence-electron chi connectivity index (χ1n) is 12.9. The normalized spacial score (nSPS) is 11.7. The molecule has 38 heavy (non-hydrogen) atoms. The molecule has 0 radical (unpaired) electrons. The predicted molar refractivity (Wildman–Crippen MR) is 146 cm³/mol. The quantitative estimate of drug-likeness (QED) is 0.254. The van der Waals surface area contributed by atoms with Crippen LogP contribution in [-0.4, -0.2) is 36.0 Å². The van der Waals surface area contributed by atoms with Gasteiger partial charge in [0.25, 0.3) is 0 Å². The monoisotopic (exact) mass is 508 g/mol. The second-order valence-electron chi connectivity index (χ2n) is 10.3. The van der Waals surface area contributed by atoms with Gasteiger partial charge in [-0.25, -0.2) is 4.98 Å². The molecule has 3 heterocycles. The van der Waals surface area contributed by atoms with E-state index in [-0.39, 0.29) is 12.6 Å². The first-order chi connectivity index (χ1) is 18.4. The Labute approximate surface area is 222 Å². The van der Waals surface area contributed by atoms with Crippen LogP contribution in [0.15, 0.2) is 66.9 Å². The largest absolute Gasteiger partial charge is 0.459 e. The van der Waals surface area contributed by atoms with Crippen molar-refractivity contribution in [1.82, 2.24) is 30.0 Å². The number of carbonyl (C=O) groups is 1. The Morgan fingerprint density at radius 1 is 1.05 bits per heavy atom. The third-order valence-corrected chi connectivity index (χ3v) is 6.75. The molecule has 0 amide bonds. The number of aromatic amines is 1. The number of rotatable bonds is 9. The molecule has 0 saturated heterocycles. The minimum atomic E-state index is -0.741. The molecule has 0 aliphatic carbocycles. The summed E-state index contributed by atoms with van der Waals surface area (Å²) in [6, 6.07) is 20.2. The Morgan fingerprint density at radius 3 is 2.61 bits per heavy atom. The number of imidazole rings is 1. The average molecular weight is 509 g/mol. The van der Waals surface area contributed by atoms with Gasteiger partial charge in [0.15, 0.2) is 0 Å². The number of H-pyrrole nitrogens is 1. The fourth-order valence-electron chi connectivity index (χ4n) is 4.75. The predicted octanol–water partition coefficient (Wildman–Crippen LogP) is 5.75. The van der Waals surface area contributed by atoms with E-state index in [1.807, 2.05) is 92.0 Å². The summed E-state index contributed by atoms with van der Waals surface area (Å²) in [5.74, 6) is 0.255. The maximum absolute atomic E-state index is 13.3. The van der Waals surface area contributed by atoms with Crippen LogP contribution in [0.3, 0.4) is 0 Å². The lowest BCUT2D eigenvalue weighted by atomic mass is 9.84. The number of aryl methyl sites for hydroxylation is 2. The topological polar surface area (TPSA) is 98.1 Å². The maximum atomic E-state index is 13.3. The van der Waals surface area contributed by atoms with Crippen LogP contribution >= 0.6 is 0 Å². The Morgan fingerprint density at radius 2 is 1.87 bits per heavy atom. The zero-order valence-electron chi connectivity index (χ0n) is 22.2. The van der Waals surface area contributed by atoms with Crippen LogP contribution in [0.1, 0.15) is 49.7 Å². The fraction of sp³-hybridized carbons (Fsp3) is 0.300. The maximum Gasteiger partial charge on any atom is 0.312 e. The van der Waals surface area contributed by atoms with Gasteiger partial charge in [0, 0.05) is 11.8 Å². The van der Waals surface area contributed by atoms with Gasteiger partial charge in [0.1, 0.15) is 12.3 Å². The number of esters is 1. The van der Waals surface area contributed by atoms with E-state index in [1.54, 1.807) is 0 Å². The van der Waals surface area contributed by atoms with E-state index < -0.39 is 5.41 Å². The number of aromatic nitrogens is 6.